The van der Waals surface area contributed by atoms with Gasteiger partial charge < -0.3 is 10.2 Å². The summed E-state index contributed by atoms with van der Waals surface area (Å²) in [6.45, 7) is 16.5. The fourth-order valence-electron chi connectivity index (χ4n) is 9.26. The van der Waals surface area contributed by atoms with Crippen molar-refractivity contribution in [2.24, 2.45) is 51.8 Å². The monoisotopic (exact) mass is 416 g/mol. The molecule has 30 heavy (non-hydrogen) atoms. The molecule has 9 atom stereocenters. The van der Waals surface area contributed by atoms with Crippen molar-refractivity contribution >= 4 is 0 Å². The number of hydrogen-bond acceptors (Lipinski definition) is 2. The third-order valence-electron chi connectivity index (χ3n) is 11.0. The summed E-state index contributed by atoms with van der Waals surface area (Å²) < 4.78 is 0. The van der Waals surface area contributed by atoms with Gasteiger partial charge in [0.1, 0.15) is 0 Å². The highest BCUT2D eigenvalue weighted by Crippen LogP contribution is 2.68. The van der Waals surface area contributed by atoms with Gasteiger partial charge in [0.05, 0.1) is 12.2 Å². The summed E-state index contributed by atoms with van der Waals surface area (Å²) in [5.74, 6) is 4.02. The van der Waals surface area contributed by atoms with Crippen molar-refractivity contribution in [3.8, 4) is 0 Å². The van der Waals surface area contributed by atoms with Crippen LogP contribution in [0.25, 0.3) is 0 Å². The summed E-state index contributed by atoms with van der Waals surface area (Å²) >= 11 is 0. The van der Waals surface area contributed by atoms with E-state index in [2.05, 4.69) is 54.5 Å². The number of fused-ring (bicyclic) bond motifs is 5. The van der Waals surface area contributed by atoms with Crippen LogP contribution in [-0.2, 0) is 0 Å². The number of hydrogen-bond donors (Lipinski definition) is 2. The Morgan fingerprint density at radius 1 is 0.967 bits per heavy atom. The first-order valence-corrected chi connectivity index (χ1v) is 13.0. The molecule has 2 nitrogen and oxygen atoms in total. The van der Waals surface area contributed by atoms with E-state index >= 15 is 0 Å². The van der Waals surface area contributed by atoms with Crippen LogP contribution >= 0.6 is 0 Å². The van der Waals surface area contributed by atoms with Gasteiger partial charge in [-0.2, -0.15) is 0 Å². The summed E-state index contributed by atoms with van der Waals surface area (Å²) in [4.78, 5) is 0. The van der Waals surface area contributed by atoms with Crippen molar-refractivity contribution in [3.63, 3.8) is 0 Å². The Hall–Kier alpha value is -0.340. The van der Waals surface area contributed by atoms with Crippen LogP contribution in [0.15, 0.2) is 11.6 Å². The highest BCUT2D eigenvalue weighted by molar-refractivity contribution is 5.31. The lowest BCUT2D eigenvalue weighted by molar-refractivity contribution is -0.0848. The first-order valence-electron chi connectivity index (χ1n) is 13.0. The fourth-order valence-corrected chi connectivity index (χ4v) is 9.26. The van der Waals surface area contributed by atoms with Crippen molar-refractivity contribution in [1.29, 1.82) is 0 Å². The van der Waals surface area contributed by atoms with Crippen molar-refractivity contribution in [2.45, 2.75) is 112 Å². The van der Waals surface area contributed by atoms with E-state index in [1.165, 1.54) is 32.1 Å². The molecule has 1 unspecified atom stereocenters. The maximum Gasteiger partial charge on any atom is 0.0628 e. The molecule has 0 amide bonds. The van der Waals surface area contributed by atoms with Gasteiger partial charge in [-0.25, -0.2) is 0 Å². The van der Waals surface area contributed by atoms with E-state index in [1.54, 1.807) is 5.57 Å². The number of aliphatic hydroxyl groups is 2. The van der Waals surface area contributed by atoms with Gasteiger partial charge in [0, 0.05) is 5.41 Å². The second-order valence-corrected chi connectivity index (χ2v) is 13.2. The Kier molecular flexibility index (Phi) is 5.80. The minimum atomic E-state index is -0.193. The van der Waals surface area contributed by atoms with Crippen LogP contribution in [0.4, 0.5) is 0 Å². The van der Waals surface area contributed by atoms with E-state index in [0.29, 0.717) is 23.2 Å². The minimum absolute atomic E-state index is 0.0770. The van der Waals surface area contributed by atoms with Crippen LogP contribution in [0.1, 0.15) is 99.8 Å². The van der Waals surface area contributed by atoms with Crippen molar-refractivity contribution < 1.29 is 10.2 Å². The summed E-state index contributed by atoms with van der Waals surface area (Å²) in [7, 11) is 0. The quantitative estimate of drug-likeness (QED) is 0.506. The van der Waals surface area contributed by atoms with Gasteiger partial charge in [0.2, 0.25) is 0 Å². The van der Waals surface area contributed by atoms with E-state index in [1.807, 2.05) is 0 Å². The molecule has 0 aromatic rings. The van der Waals surface area contributed by atoms with Gasteiger partial charge in [-0.15, -0.1) is 0 Å². The fraction of sp³-hybridized carbons (Fsp3) is 0.929. The molecule has 4 aliphatic rings. The van der Waals surface area contributed by atoms with E-state index in [4.69, 9.17) is 0 Å². The molecule has 2 heteroatoms. The third-order valence-corrected chi connectivity index (χ3v) is 11.0. The zero-order valence-electron chi connectivity index (χ0n) is 20.7. The van der Waals surface area contributed by atoms with Crippen LogP contribution in [0.2, 0.25) is 0 Å². The van der Waals surface area contributed by atoms with E-state index in [0.717, 1.165) is 37.0 Å². The smallest absolute Gasteiger partial charge is 0.0628 e. The highest BCUT2D eigenvalue weighted by atomic mass is 16.3. The van der Waals surface area contributed by atoms with Crippen LogP contribution in [0, 0.1) is 51.8 Å². The van der Waals surface area contributed by atoms with Crippen molar-refractivity contribution in [3.05, 3.63) is 11.6 Å². The molecule has 0 bridgehead atoms. The Bertz CT molecular complexity index is 678. The number of aliphatic hydroxyl groups excluding tert-OH is 2. The normalized spacial score (nSPS) is 47.1. The lowest BCUT2D eigenvalue weighted by atomic mass is 9.44. The molecule has 0 saturated heterocycles. The van der Waals surface area contributed by atoms with Gasteiger partial charge in [0.25, 0.3) is 0 Å². The Labute approximate surface area is 185 Å². The number of rotatable bonds is 4. The van der Waals surface area contributed by atoms with Crippen LogP contribution in [0.3, 0.4) is 0 Å². The molecule has 3 saturated carbocycles. The topological polar surface area (TPSA) is 40.5 Å². The average molecular weight is 417 g/mol. The van der Waals surface area contributed by atoms with Gasteiger partial charge in [-0.05, 0) is 97.7 Å². The van der Waals surface area contributed by atoms with Crippen molar-refractivity contribution in [2.75, 3.05) is 0 Å². The SMILES string of the molecule is CC(C)CC(O)[C@@H](C)[C@H]1CC[C@H]2[C@@H]3CC=C4C(C)(C)[C@@H](O)CC[C@]4(C)[C@H]3CC[C@]12C. The molecule has 0 spiro atoms. The molecule has 0 aliphatic heterocycles. The molecule has 2 N–H and O–H groups in total. The van der Waals surface area contributed by atoms with Crippen LogP contribution in [-0.4, -0.2) is 22.4 Å². The predicted octanol–water partition coefficient (Wildman–Crippen LogP) is 6.61. The Balaban J connectivity index is 1.59. The molecule has 0 radical (unpaired) electrons. The molecule has 0 aromatic carbocycles. The van der Waals surface area contributed by atoms with E-state index in [9.17, 15) is 10.2 Å². The zero-order valence-corrected chi connectivity index (χ0v) is 20.7. The summed E-state index contributed by atoms with van der Waals surface area (Å²) in [5.41, 5.74) is 2.15. The molecule has 0 heterocycles. The molecular formula is C28H48O2. The largest absolute Gasteiger partial charge is 0.393 e. The Morgan fingerprint density at radius 3 is 2.33 bits per heavy atom. The lowest BCUT2D eigenvalue weighted by Gasteiger charge is -2.61. The lowest BCUT2D eigenvalue weighted by Crippen LogP contribution is -2.54. The summed E-state index contributed by atoms with van der Waals surface area (Å²) in [6, 6.07) is 0. The second kappa shape index (κ2) is 7.62. The standard InChI is InChI=1S/C28H48O2/c1-17(2)16-23(29)18(3)20-9-10-21-19-8-11-24-26(4,5)25(30)13-15-28(24,7)22(19)12-14-27(20,21)6/h11,17-23,25,29-30H,8-10,12-16H2,1-7H3/t18-,19-,20+,21-,22-,23?,25-,27+,28+/m0/s1. The minimum Gasteiger partial charge on any atom is -0.393 e. The molecule has 0 aromatic heterocycles. The van der Waals surface area contributed by atoms with Gasteiger partial charge in [0.15, 0.2) is 0 Å². The Morgan fingerprint density at radius 2 is 1.67 bits per heavy atom. The number of allylic oxidation sites excluding steroid dienone is 1. The average Bonchev–Trinajstić information content (AvgIpc) is 3.01. The first-order chi connectivity index (χ1) is 13.9. The molecule has 4 rings (SSSR count). The predicted molar refractivity (Wildman–Crippen MR) is 125 cm³/mol. The van der Waals surface area contributed by atoms with E-state index < -0.39 is 0 Å². The van der Waals surface area contributed by atoms with Gasteiger partial charge in [-0.1, -0.05) is 60.1 Å². The van der Waals surface area contributed by atoms with E-state index in [-0.39, 0.29) is 23.0 Å². The van der Waals surface area contributed by atoms with Crippen LogP contribution < -0.4 is 0 Å². The summed E-state index contributed by atoms with van der Waals surface area (Å²) in [6.07, 6.45) is 11.8. The highest BCUT2D eigenvalue weighted by Gasteiger charge is 2.61. The molecule has 4 aliphatic carbocycles. The molecule has 3 fully saturated rings. The van der Waals surface area contributed by atoms with Crippen LogP contribution in [0.5, 0.6) is 0 Å². The second-order valence-electron chi connectivity index (χ2n) is 13.2. The third kappa shape index (κ3) is 3.26. The zero-order chi connectivity index (χ0) is 22.1. The molecule has 172 valence electrons. The summed E-state index contributed by atoms with van der Waals surface area (Å²) in [5, 5.41) is 21.7. The first kappa shape index (κ1) is 22.8. The maximum absolute atomic E-state index is 10.9. The van der Waals surface area contributed by atoms with Crippen molar-refractivity contribution in [1.82, 2.24) is 0 Å². The van der Waals surface area contributed by atoms with Gasteiger partial charge in [-0.3, -0.25) is 0 Å². The molecular weight excluding hydrogens is 368 g/mol. The maximum atomic E-state index is 10.9. The van der Waals surface area contributed by atoms with Gasteiger partial charge >= 0.3 is 0 Å².